The van der Waals surface area contributed by atoms with Crippen LogP contribution in [-0.2, 0) is 4.74 Å². The molecular weight excluding hydrogens is 287 g/mol. The Morgan fingerprint density at radius 3 is 2.89 bits per heavy atom. The molecule has 0 bridgehead atoms. The smallest absolute Gasteiger partial charge is 0.253 e. The summed E-state index contributed by atoms with van der Waals surface area (Å²) < 4.78 is 5.57. The second-order valence-electron chi connectivity index (χ2n) is 4.51. The van der Waals surface area contributed by atoms with Gasteiger partial charge in [0.2, 0.25) is 0 Å². The van der Waals surface area contributed by atoms with E-state index >= 15 is 0 Å². The van der Waals surface area contributed by atoms with Crippen LogP contribution in [0.15, 0.2) is 18.2 Å². The summed E-state index contributed by atoms with van der Waals surface area (Å²) in [5, 5.41) is 4.06. The molecule has 1 heterocycles. The molecule has 1 aliphatic heterocycles. The summed E-state index contributed by atoms with van der Waals surface area (Å²) in [4.78, 5) is 13.9. The Bertz CT molecular complexity index is 462. The van der Waals surface area contributed by atoms with Crippen molar-refractivity contribution in [1.82, 2.24) is 10.2 Å². The molecule has 2 rings (SSSR count). The molecule has 0 spiro atoms. The van der Waals surface area contributed by atoms with Crippen LogP contribution in [0, 0.1) is 0 Å². The van der Waals surface area contributed by atoms with E-state index in [1.165, 1.54) is 0 Å². The van der Waals surface area contributed by atoms with Crippen molar-refractivity contribution in [2.24, 2.45) is 0 Å². The van der Waals surface area contributed by atoms with Crippen LogP contribution in [0.3, 0.4) is 0 Å². The molecule has 19 heavy (non-hydrogen) atoms. The van der Waals surface area contributed by atoms with Crippen molar-refractivity contribution in [3.63, 3.8) is 0 Å². The Balaban J connectivity index is 1.99. The van der Waals surface area contributed by atoms with E-state index in [0.29, 0.717) is 28.8 Å². The number of hydrogen-bond acceptors (Lipinski definition) is 3. The van der Waals surface area contributed by atoms with Gasteiger partial charge in [0.15, 0.2) is 0 Å². The van der Waals surface area contributed by atoms with Gasteiger partial charge >= 0.3 is 0 Å². The fourth-order valence-electron chi connectivity index (χ4n) is 1.97. The number of morpholine rings is 1. The maximum Gasteiger partial charge on any atom is 0.253 e. The van der Waals surface area contributed by atoms with Crippen LogP contribution in [0.25, 0.3) is 0 Å². The van der Waals surface area contributed by atoms with Crippen LogP contribution in [0.1, 0.15) is 10.4 Å². The van der Waals surface area contributed by atoms with Crippen molar-refractivity contribution in [3.05, 3.63) is 33.8 Å². The molecule has 0 saturated carbocycles. The number of hydrogen-bond donors (Lipinski definition) is 1. The van der Waals surface area contributed by atoms with E-state index in [2.05, 4.69) is 5.32 Å². The zero-order valence-corrected chi connectivity index (χ0v) is 12.2. The standard InChI is InChI=1S/C13H16Cl2N2O2/c1-17(8-10-7-16-4-5-19-10)13(18)9-2-3-11(14)12(15)6-9/h2-3,6,10,16H,4-5,7-8H2,1H3. The van der Waals surface area contributed by atoms with Gasteiger partial charge < -0.3 is 15.0 Å². The average Bonchev–Trinajstić information content (AvgIpc) is 2.42. The van der Waals surface area contributed by atoms with E-state index in [0.717, 1.165) is 13.1 Å². The molecule has 1 aromatic rings. The zero-order chi connectivity index (χ0) is 13.8. The van der Waals surface area contributed by atoms with E-state index < -0.39 is 0 Å². The molecule has 1 N–H and O–H groups in total. The maximum absolute atomic E-state index is 12.2. The molecular formula is C13H16Cl2N2O2. The number of rotatable bonds is 3. The Hall–Kier alpha value is -0.810. The highest BCUT2D eigenvalue weighted by Gasteiger charge is 2.19. The number of ether oxygens (including phenoxy) is 1. The van der Waals surface area contributed by atoms with Gasteiger partial charge in [-0.25, -0.2) is 0 Å². The van der Waals surface area contributed by atoms with Gasteiger partial charge in [0.25, 0.3) is 5.91 Å². The number of halogens is 2. The number of nitrogens with one attached hydrogen (secondary N) is 1. The molecule has 1 aromatic carbocycles. The lowest BCUT2D eigenvalue weighted by molar-refractivity contribution is 0.0104. The molecule has 0 aromatic heterocycles. The number of benzene rings is 1. The van der Waals surface area contributed by atoms with Crippen molar-refractivity contribution >= 4 is 29.1 Å². The topological polar surface area (TPSA) is 41.6 Å². The van der Waals surface area contributed by atoms with Gasteiger partial charge in [0.1, 0.15) is 0 Å². The van der Waals surface area contributed by atoms with Crippen molar-refractivity contribution in [2.45, 2.75) is 6.10 Å². The van der Waals surface area contributed by atoms with Crippen LogP contribution in [0.4, 0.5) is 0 Å². The summed E-state index contributed by atoms with van der Waals surface area (Å²) in [6.07, 6.45) is 0.0328. The van der Waals surface area contributed by atoms with E-state index in [1.54, 1.807) is 30.1 Å². The lowest BCUT2D eigenvalue weighted by atomic mass is 10.2. The molecule has 1 saturated heterocycles. The molecule has 0 radical (unpaired) electrons. The second-order valence-corrected chi connectivity index (χ2v) is 5.33. The van der Waals surface area contributed by atoms with Crippen molar-refractivity contribution < 1.29 is 9.53 Å². The maximum atomic E-state index is 12.2. The Kier molecular flexibility index (Phi) is 5.05. The lowest BCUT2D eigenvalue weighted by Gasteiger charge is -2.28. The summed E-state index contributed by atoms with van der Waals surface area (Å²) in [6, 6.07) is 4.89. The summed E-state index contributed by atoms with van der Waals surface area (Å²) in [5.41, 5.74) is 0.528. The normalized spacial score (nSPS) is 19.2. The van der Waals surface area contributed by atoms with Gasteiger partial charge in [-0.1, -0.05) is 23.2 Å². The first-order valence-electron chi connectivity index (χ1n) is 6.11. The largest absolute Gasteiger partial charge is 0.374 e. The SMILES string of the molecule is CN(CC1CNCCO1)C(=O)c1ccc(Cl)c(Cl)c1. The third kappa shape index (κ3) is 3.83. The van der Waals surface area contributed by atoms with Crippen LogP contribution in [0.2, 0.25) is 10.0 Å². The first-order chi connectivity index (χ1) is 9.08. The number of carbonyl (C=O) groups is 1. The first kappa shape index (κ1) is 14.6. The first-order valence-corrected chi connectivity index (χ1v) is 6.86. The van der Waals surface area contributed by atoms with Gasteiger partial charge in [-0.05, 0) is 18.2 Å². The van der Waals surface area contributed by atoms with Crippen molar-refractivity contribution in [2.75, 3.05) is 33.3 Å². The molecule has 1 atom stereocenters. The fourth-order valence-corrected chi connectivity index (χ4v) is 2.27. The lowest BCUT2D eigenvalue weighted by Crippen LogP contribution is -2.45. The predicted octanol–water partition coefficient (Wildman–Crippen LogP) is 2.05. The monoisotopic (exact) mass is 302 g/mol. The minimum absolute atomic E-state index is 0.0328. The van der Waals surface area contributed by atoms with Crippen LogP contribution in [-0.4, -0.2) is 50.2 Å². The van der Waals surface area contributed by atoms with E-state index in [-0.39, 0.29) is 12.0 Å². The third-order valence-electron chi connectivity index (χ3n) is 3.00. The summed E-state index contributed by atoms with van der Waals surface area (Å²) in [7, 11) is 1.75. The highest BCUT2D eigenvalue weighted by molar-refractivity contribution is 6.42. The molecule has 1 unspecified atom stereocenters. The van der Waals surface area contributed by atoms with E-state index in [4.69, 9.17) is 27.9 Å². The van der Waals surface area contributed by atoms with Crippen molar-refractivity contribution in [1.29, 1.82) is 0 Å². The highest BCUT2D eigenvalue weighted by atomic mass is 35.5. The number of amides is 1. The van der Waals surface area contributed by atoms with Crippen LogP contribution >= 0.6 is 23.2 Å². The minimum atomic E-state index is -0.0901. The second kappa shape index (κ2) is 6.57. The van der Waals surface area contributed by atoms with Gasteiger partial charge in [-0.15, -0.1) is 0 Å². The van der Waals surface area contributed by atoms with Gasteiger partial charge in [0, 0.05) is 32.2 Å². The summed E-state index contributed by atoms with van der Waals surface area (Å²) in [6.45, 7) is 2.85. The van der Waals surface area contributed by atoms with E-state index in [1.807, 2.05) is 0 Å². The Morgan fingerprint density at radius 2 is 2.26 bits per heavy atom. The predicted molar refractivity (Wildman–Crippen MR) is 76.0 cm³/mol. The molecule has 0 aliphatic carbocycles. The molecule has 1 aliphatic rings. The van der Waals surface area contributed by atoms with Gasteiger partial charge in [-0.2, -0.15) is 0 Å². The zero-order valence-electron chi connectivity index (χ0n) is 10.7. The molecule has 1 fully saturated rings. The minimum Gasteiger partial charge on any atom is -0.374 e. The highest BCUT2D eigenvalue weighted by Crippen LogP contribution is 2.23. The van der Waals surface area contributed by atoms with Crippen LogP contribution < -0.4 is 5.32 Å². The molecule has 104 valence electrons. The third-order valence-corrected chi connectivity index (χ3v) is 3.73. The quantitative estimate of drug-likeness (QED) is 0.929. The summed E-state index contributed by atoms with van der Waals surface area (Å²) >= 11 is 11.8. The average molecular weight is 303 g/mol. The van der Waals surface area contributed by atoms with Gasteiger partial charge in [-0.3, -0.25) is 4.79 Å². The molecule has 6 heteroatoms. The van der Waals surface area contributed by atoms with Crippen molar-refractivity contribution in [3.8, 4) is 0 Å². The Labute approximate surface area is 122 Å². The van der Waals surface area contributed by atoms with E-state index in [9.17, 15) is 4.79 Å². The number of likely N-dealkylation sites (N-methyl/N-ethyl adjacent to an activating group) is 1. The molecule has 4 nitrogen and oxygen atoms in total. The van der Waals surface area contributed by atoms with Gasteiger partial charge in [0.05, 0.1) is 22.8 Å². The summed E-state index contributed by atoms with van der Waals surface area (Å²) in [5.74, 6) is -0.0901. The molecule has 1 amide bonds. The number of nitrogens with zero attached hydrogens (tertiary/aromatic N) is 1. The number of carbonyl (C=O) groups excluding carboxylic acids is 1. The fraction of sp³-hybridized carbons (Fsp3) is 0.462. The Morgan fingerprint density at radius 1 is 1.47 bits per heavy atom. The van der Waals surface area contributed by atoms with Crippen LogP contribution in [0.5, 0.6) is 0 Å².